The van der Waals surface area contributed by atoms with Crippen molar-refractivity contribution in [3.8, 4) is 0 Å². The molecule has 0 aliphatic rings. The third kappa shape index (κ3) is 20.2. The number of ether oxygens (including phenoxy) is 1. The minimum absolute atomic E-state index is 0.0675. The maximum Gasteiger partial charge on any atom is 0.305 e. The minimum atomic E-state index is -0.0675. The second-order valence-electron chi connectivity index (χ2n) is 9.32. The highest BCUT2D eigenvalue weighted by Crippen LogP contribution is 2.21. The largest absolute Gasteiger partial charge is 0.469 e. The lowest BCUT2D eigenvalue weighted by atomic mass is 9.91. The van der Waals surface area contributed by atoms with Gasteiger partial charge in [0, 0.05) is 6.42 Å². The summed E-state index contributed by atoms with van der Waals surface area (Å²) in [5.41, 5.74) is 0. The molecule has 0 spiro atoms. The smallest absolute Gasteiger partial charge is 0.305 e. The Kier molecular flexibility index (Phi) is 20.8. The minimum Gasteiger partial charge on any atom is -0.469 e. The predicted molar refractivity (Wildman–Crippen MR) is 124 cm³/mol. The molecule has 0 aromatic heterocycles. The van der Waals surface area contributed by atoms with Gasteiger partial charge in [0.05, 0.1) is 7.11 Å². The number of esters is 1. The molecule has 28 heavy (non-hydrogen) atoms. The van der Waals surface area contributed by atoms with Crippen LogP contribution in [-0.4, -0.2) is 13.1 Å². The third-order valence-electron chi connectivity index (χ3n) is 6.10. The van der Waals surface area contributed by atoms with Gasteiger partial charge in [-0.05, 0) is 18.3 Å². The van der Waals surface area contributed by atoms with Crippen LogP contribution < -0.4 is 0 Å². The Balaban J connectivity index is 3.24. The normalized spacial score (nSPS) is 13.4. The second-order valence-corrected chi connectivity index (χ2v) is 9.32. The molecule has 0 aromatic rings. The summed E-state index contributed by atoms with van der Waals surface area (Å²) < 4.78 is 4.76. The third-order valence-corrected chi connectivity index (χ3v) is 6.10. The van der Waals surface area contributed by atoms with Crippen molar-refractivity contribution < 1.29 is 9.53 Å². The molecule has 0 aromatic carbocycles. The molecule has 0 aliphatic heterocycles. The first-order valence-corrected chi connectivity index (χ1v) is 12.7. The number of hydrogen-bond acceptors (Lipinski definition) is 2. The fraction of sp³-hybridized carbons (Fsp3) is 0.962. The summed E-state index contributed by atoms with van der Waals surface area (Å²) in [6.07, 6.45) is 25.9. The molecule has 2 nitrogen and oxygen atoms in total. The summed E-state index contributed by atoms with van der Waals surface area (Å²) in [6.45, 7) is 6.79. The monoisotopic (exact) mass is 396 g/mol. The summed E-state index contributed by atoms with van der Waals surface area (Å²) in [6, 6.07) is 0. The Morgan fingerprint density at radius 3 is 1.43 bits per heavy atom. The van der Waals surface area contributed by atoms with Crippen LogP contribution in [0.15, 0.2) is 0 Å². The quantitative estimate of drug-likeness (QED) is 0.143. The van der Waals surface area contributed by atoms with Crippen molar-refractivity contribution in [3.63, 3.8) is 0 Å². The van der Waals surface area contributed by atoms with E-state index in [4.69, 9.17) is 4.74 Å². The van der Waals surface area contributed by atoms with E-state index in [1.165, 1.54) is 116 Å². The van der Waals surface area contributed by atoms with Crippen molar-refractivity contribution in [1.29, 1.82) is 0 Å². The zero-order valence-corrected chi connectivity index (χ0v) is 19.9. The lowest BCUT2D eigenvalue weighted by molar-refractivity contribution is -0.141. The Labute approximate surface area is 177 Å². The first-order chi connectivity index (χ1) is 13.6. The standard InChI is InChI=1S/C26H52O2/c1-5-6-7-8-9-10-11-12-13-14-15-16-17-18-19-20-21-24(2)22-25(3)23-26(27)28-4/h24-25H,5-23H2,1-4H3/t24-,25-/m1/s1. The molecule has 2 atom stereocenters. The number of rotatable bonds is 21. The van der Waals surface area contributed by atoms with Crippen LogP contribution in [0.2, 0.25) is 0 Å². The zero-order chi connectivity index (χ0) is 20.9. The van der Waals surface area contributed by atoms with Crippen LogP contribution in [0.25, 0.3) is 0 Å². The Morgan fingerprint density at radius 2 is 1.04 bits per heavy atom. The van der Waals surface area contributed by atoms with E-state index in [2.05, 4.69) is 20.8 Å². The summed E-state index contributed by atoms with van der Waals surface area (Å²) in [4.78, 5) is 11.3. The number of hydrogen-bond donors (Lipinski definition) is 0. The molecule has 0 heterocycles. The van der Waals surface area contributed by atoms with Crippen LogP contribution in [0.4, 0.5) is 0 Å². The van der Waals surface area contributed by atoms with Crippen LogP contribution in [-0.2, 0) is 9.53 Å². The molecule has 0 amide bonds. The van der Waals surface area contributed by atoms with E-state index in [-0.39, 0.29) is 5.97 Å². The van der Waals surface area contributed by atoms with Crippen molar-refractivity contribution in [3.05, 3.63) is 0 Å². The van der Waals surface area contributed by atoms with Gasteiger partial charge >= 0.3 is 5.97 Å². The van der Waals surface area contributed by atoms with Gasteiger partial charge in [-0.15, -0.1) is 0 Å². The molecule has 0 bridgehead atoms. The molecular weight excluding hydrogens is 344 g/mol. The van der Waals surface area contributed by atoms with Gasteiger partial charge in [0.2, 0.25) is 0 Å². The molecule has 0 aliphatic carbocycles. The van der Waals surface area contributed by atoms with Crippen LogP contribution in [0.5, 0.6) is 0 Å². The SMILES string of the molecule is CCCCCCCCCCCCCCCCCC[C@@H](C)C[C@@H](C)CC(=O)OC. The van der Waals surface area contributed by atoms with Crippen LogP contribution in [0, 0.1) is 11.8 Å². The Bertz CT molecular complexity index is 326. The fourth-order valence-electron chi connectivity index (χ4n) is 4.30. The molecule has 0 fully saturated rings. The van der Waals surface area contributed by atoms with Gasteiger partial charge in [0.15, 0.2) is 0 Å². The van der Waals surface area contributed by atoms with Gasteiger partial charge < -0.3 is 4.74 Å². The summed E-state index contributed by atoms with van der Waals surface area (Å²) >= 11 is 0. The van der Waals surface area contributed by atoms with Crippen molar-refractivity contribution in [2.75, 3.05) is 7.11 Å². The molecule has 0 rings (SSSR count). The summed E-state index contributed by atoms with van der Waals surface area (Å²) in [5.74, 6) is 1.11. The highest BCUT2D eigenvalue weighted by molar-refractivity contribution is 5.69. The average Bonchev–Trinajstić information content (AvgIpc) is 2.67. The molecular formula is C26H52O2. The highest BCUT2D eigenvalue weighted by Gasteiger charge is 2.12. The zero-order valence-electron chi connectivity index (χ0n) is 19.9. The van der Waals surface area contributed by atoms with Crippen molar-refractivity contribution in [1.82, 2.24) is 0 Å². The lowest BCUT2D eigenvalue weighted by Crippen LogP contribution is -2.10. The van der Waals surface area contributed by atoms with Crippen molar-refractivity contribution >= 4 is 5.97 Å². The van der Waals surface area contributed by atoms with E-state index in [0.717, 1.165) is 12.3 Å². The maximum atomic E-state index is 11.3. The maximum absolute atomic E-state index is 11.3. The van der Waals surface area contributed by atoms with E-state index in [9.17, 15) is 4.79 Å². The number of carbonyl (C=O) groups excluding carboxylic acids is 1. The first-order valence-electron chi connectivity index (χ1n) is 12.7. The van der Waals surface area contributed by atoms with E-state index in [1.54, 1.807) is 0 Å². The summed E-state index contributed by atoms with van der Waals surface area (Å²) in [5, 5.41) is 0. The predicted octanol–water partition coefficient (Wildman–Crippen LogP) is 8.86. The average molecular weight is 397 g/mol. The molecule has 2 heteroatoms. The van der Waals surface area contributed by atoms with Gasteiger partial charge in [-0.3, -0.25) is 4.79 Å². The van der Waals surface area contributed by atoms with Gasteiger partial charge in [-0.1, -0.05) is 130 Å². The van der Waals surface area contributed by atoms with Crippen LogP contribution >= 0.6 is 0 Å². The molecule has 168 valence electrons. The van der Waals surface area contributed by atoms with Gasteiger partial charge in [0.25, 0.3) is 0 Å². The van der Waals surface area contributed by atoms with Crippen LogP contribution in [0.1, 0.15) is 143 Å². The van der Waals surface area contributed by atoms with E-state index in [0.29, 0.717) is 12.3 Å². The molecule has 0 saturated carbocycles. The van der Waals surface area contributed by atoms with Gasteiger partial charge in [-0.25, -0.2) is 0 Å². The summed E-state index contributed by atoms with van der Waals surface area (Å²) in [7, 11) is 1.48. The van der Waals surface area contributed by atoms with Crippen molar-refractivity contribution in [2.45, 2.75) is 143 Å². The molecule has 0 unspecified atom stereocenters. The number of unbranched alkanes of at least 4 members (excludes halogenated alkanes) is 15. The first kappa shape index (κ1) is 27.5. The van der Waals surface area contributed by atoms with Gasteiger partial charge in [0.1, 0.15) is 0 Å². The number of carbonyl (C=O) groups is 1. The highest BCUT2D eigenvalue weighted by atomic mass is 16.5. The van der Waals surface area contributed by atoms with E-state index < -0.39 is 0 Å². The Hall–Kier alpha value is -0.530. The number of methoxy groups -OCH3 is 1. The molecule has 0 N–H and O–H groups in total. The fourth-order valence-corrected chi connectivity index (χ4v) is 4.30. The second kappa shape index (κ2) is 21.2. The van der Waals surface area contributed by atoms with Gasteiger partial charge in [-0.2, -0.15) is 0 Å². The molecule has 0 radical (unpaired) electrons. The van der Waals surface area contributed by atoms with E-state index in [1.807, 2.05) is 0 Å². The lowest BCUT2D eigenvalue weighted by Gasteiger charge is -2.16. The van der Waals surface area contributed by atoms with Crippen LogP contribution in [0.3, 0.4) is 0 Å². The molecule has 0 saturated heterocycles. The van der Waals surface area contributed by atoms with E-state index >= 15 is 0 Å². The Morgan fingerprint density at radius 1 is 0.643 bits per heavy atom. The topological polar surface area (TPSA) is 26.3 Å². The van der Waals surface area contributed by atoms with Crippen molar-refractivity contribution in [2.24, 2.45) is 11.8 Å².